The summed E-state index contributed by atoms with van der Waals surface area (Å²) >= 11 is 1.43. The number of hydrogen-bond acceptors (Lipinski definition) is 5. The van der Waals surface area contributed by atoms with Gasteiger partial charge in [-0.25, -0.2) is 14.5 Å². The maximum Gasteiger partial charge on any atom is 0.573 e. The third-order valence-electron chi connectivity index (χ3n) is 6.75. The Balaban J connectivity index is 1.10. The van der Waals surface area contributed by atoms with Crippen LogP contribution in [0, 0.1) is 6.92 Å². The molecule has 1 saturated carbocycles. The van der Waals surface area contributed by atoms with E-state index in [1.807, 2.05) is 47.2 Å². The molecular formula is C30H25F3N6O2S. The Morgan fingerprint density at radius 3 is 2.52 bits per heavy atom. The number of urea groups is 1. The lowest BCUT2D eigenvalue weighted by Gasteiger charge is -2.11. The van der Waals surface area contributed by atoms with Gasteiger partial charge in [-0.1, -0.05) is 42.5 Å². The van der Waals surface area contributed by atoms with Crippen molar-refractivity contribution in [2.24, 2.45) is 4.99 Å². The Labute approximate surface area is 242 Å². The molecule has 1 fully saturated rings. The van der Waals surface area contributed by atoms with Gasteiger partial charge in [0.25, 0.3) is 0 Å². The number of ether oxygens (including phenoxy) is 1. The number of nitrogens with one attached hydrogen (secondary N) is 1. The number of benzene rings is 3. The highest BCUT2D eigenvalue weighted by Crippen LogP contribution is 2.42. The van der Waals surface area contributed by atoms with Crippen LogP contribution in [0.3, 0.4) is 0 Å². The fraction of sp³-hybridized carbons (Fsp3) is 0.200. The van der Waals surface area contributed by atoms with Crippen LogP contribution in [-0.2, 0) is 6.54 Å². The molecule has 2 aromatic heterocycles. The van der Waals surface area contributed by atoms with Crippen LogP contribution >= 0.6 is 11.3 Å². The number of carbonyl (C=O) groups is 1. The molecule has 0 saturated heterocycles. The van der Waals surface area contributed by atoms with E-state index in [0.29, 0.717) is 28.8 Å². The first-order valence-electron chi connectivity index (χ1n) is 13.2. The molecule has 0 spiro atoms. The summed E-state index contributed by atoms with van der Waals surface area (Å²) in [5.41, 5.74) is 5.54. The summed E-state index contributed by atoms with van der Waals surface area (Å²) < 4.78 is 44.6. The zero-order valence-corrected chi connectivity index (χ0v) is 23.2. The summed E-state index contributed by atoms with van der Waals surface area (Å²) in [4.78, 5) is 22.0. The number of amides is 2. The summed E-state index contributed by atoms with van der Waals surface area (Å²) in [5.74, 6) is 0.695. The smallest absolute Gasteiger partial charge is 0.406 e. The molecule has 2 amide bonds. The van der Waals surface area contributed by atoms with Gasteiger partial charge in [0, 0.05) is 23.2 Å². The van der Waals surface area contributed by atoms with Gasteiger partial charge in [0.15, 0.2) is 10.6 Å². The molecule has 0 unspecified atom stereocenters. The maximum absolute atomic E-state index is 12.8. The topological polar surface area (TPSA) is 86.3 Å². The van der Waals surface area contributed by atoms with Crippen LogP contribution in [0.1, 0.15) is 35.6 Å². The van der Waals surface area contributed by atoms with Gasteiger partial charge in [-0.15, -0.1) is 29.6 Å². The maximum atomic E-state index is 12.8. The van der Waals surface area contributed by atoms with Crippen molar-refractivity contribution >= 4 is 17.4 Å². The zero-order valence-electron chi connectivity index (χ0n) is 22.4. The molecule has 0 atom stereocenters. The molecule has 1 aliphatic rings. The second-order valence-electron chi connectivity index (χ2n) is 9.85. The van der Waals surface area contributed by atoms with Crippen molar-refractivity contribution in [3.63, 3.8) is 0 Å². The zero-order chi connectivity index (χ0) is 29.3. The quantitative estimate of drug-likeness (QED) is 0.229. The lowest BCUT2D eigenvalue weighted by Crippen LogP contribution is -2.24. The number of alkyl halides is 3. The highest BCUT2D eigenvalue weighted by Gasteiger charge is 2.31. The van der Waals surface area contributed by atoms with E-state index in [0.717, 1.165) is 22.5 Å². The molecule has 1 N–H and O–H groups in total. The SMILES string of the molecule is Cc1csc(=NC(=O)NCc2ccc(-c3ncn(-c4ccc(OC(F)(F)F)cc4)n3)cc2)n1-c1ccccc1C1CC1. The minimum Gasteiger partial charge on any atom is -0.406 e. The molecule has 1 aliphatic carbocycles. The first kappa shape index (κ1) is 27.5. The van der Waals surface area contributed by atoms with E-state index in [1.54, 1.807) is 0 Å². The first-order chi connectivity index (χ1) is 20.2. The van der Waals surface area contributed by atoms with Crippen molar-refractivity contribution in [1.29, 1.82) is 0 Å². The number of para-hydroxylation sites is 1. The highest BCUT2D eigenvalue weighted by atomic mass is 32.1. The number of aryl methyl sites for hydroxylation is 1. The number of rotatable bonds is 7. The van der Waals surface area contributed by atoms with Crippen LogP contribution in [0.25, 0.3) is 22.8 Å². The second kappa shape index (κ2) is 11.3. The van der Waals surface area contributed by atoms with E-state index in [1.165, 1.54) is 65.0 Å². The van der Waals surface area contributed by atoms with Gasteiger partial charge in [0.1, 0.15) is 12.1 Å². The Kier molecular flexibility index (Phi) is 7.38. The molecular weight excluding hydrogens is 565 g/mol. The standard InChI is InChI=1S/C30H25F3N6O2S/c1-19-17-42-29(39(19)26-5-3-2-4-25(26)21-10-11-21)36-28(40)34-16-20-6-8-22(9-7-20)27-35-18-38(37-27)23-12-14-24(15-13-23)41-30(31,32)33/h2-9,12-15,17-18,21H,10-11,16H2,1H3,(H,34,40). The number of aromatic nitrogens is 4. The van der Waals surface area contributed by atoms with Crippen LogP contribution < -0.4 is 14.9 Å². The minimum atomic E-state index is -4.75. The lowest BCUT2D eigenvalue weighted by molar-refractivity contribution is -0.274. The Hall–Kier alpha value is -4.71. The van der Waals surface area contributed by atoms with Gasteiger partial charge in [0.05, 0.1) is 11.4 Å². The fourth-order valence-corrected chi connectivity index (χ4v) is 5.46. The Morgan fingerprint density at radius 1 is 1.07 bits per heavy atom. The molecule has 0 aliphatic heterocycles. The molecule has 8 nitrogen and oxygen atoms in total. The van der Waals surface area contributed by atoms with Crippen LogP contribution in [0.5, 0.6) is 5.75 Å². The molecule has 12 heteroatoms. The van der Waals surface area contributed by atoms with E-state index >= 15 is 0 Å². The van der Waals surface area contributed by atoms with Crippen molar-refractivity contribution in [3.05, 3.63) is 106 Å². The number of nitrogens with zero attached hydrogens (tertiary/aromatic N) is 5. The highest BCUT2D eigenvalue weighted by molar-refractivity contribution is 7.07. The largest absolute Gasteiger partial charge is 0.573 e. The van der Waals surface area contributed by atoms with Crippen molar-refractivity contribution in [2.75, 3.05) is 0 Å². The predicted octanol–water partition coefficient (Wildman–Crippen LogP) is 6.68. The number of halogens is 3. The van der Waals surface area contributed by atoms with Gasteiger partial charge in [-0.05, 0) is 67.1 Å². The summed E-state index contributed by atoms with van der Waals surface area (Å²) in [6, 6.07) is 20.6. The van der Waals surface area contributed by atoms with Gasteiger partial charge < -0.3 is 10.1 Å². The molecule has 0 bridgehead atoms. The monoisotopic (exact) mass is 590 g/mol. The van der Waals surface area contributed by atoms with Crippen molar-refractivity contribution in [1.82, 2.24) is 24.6 Å². The molecule has 42 heavy (non-hydrogen) atoms. The second-order valence-corrected chi connectivity index (χ2v) is 10.7. The van der Waals surface area contributed by atoms with Gasteiger partial charge in [0.2, 0.25) is 0 Å². The molecule has 3 aromatic carbocycles. The van der Waals surface area contributed by atoms with Crippen molar-refractivity contribution < 1.29 is 22.7 Å². The van der Waals surface area contributed by atoms with E-state index in [9.17, 15) is 18.0 Å². The molecule has 5 aromatic rings. The third-order valence-corrected chi connectivity index (χ3v) is 7.70. The summed E-state index contributed by atoms with van der Waals surface area (Å²) in [6.07, 6.45) is -0.906. The lowest BCUT2D eigenvalue weighted by atomic mass is 10.1. The van der Waals surface area contributed by atoms with Gasteiger partial charge in [-0.3, -0.25) is 4.57 Å². The van der Waals surface area contributed by atoms with Crippen molar-refractivity contribution in [2.45, 2.75) is 38.6 Å². The fourth-order valence-electron chi connectivity index (χ4n) is 4.59. The van der Waals surface area contributed by atoms with Crippen LogP contribution in [-0.4, -0.2) is 31.7 Å². The van der Waals surface area contributed by atoms with Crippen LogP contribution in [0.4, 0.5) is 18.0 Å². The summed E-state index contributed by atoms with van der Waals surface area (Å²) in [6.45, 7) is 2.31. The number of hydrogen-bond donors (Lipinski definition) is 1. The van der Waals surface area contributed by atoms with E-state index in [2.05, 4.69) is 43.3 Å². The average molecular weight is 591 g/mol. The van der Waals surface area contributed by atoms with Gasteiger partial charge >= 0.3 is 12.4 Å². The molecule has 0 radical (unpaired) electrons. The first-order valence-corrected chi connectivity index (χ1v) is 14.1. The van der Waals surface area contributed by atoms with Crippen molar-refractivity contribution in [3.8, 4) is 28.5 Å². The minimum absolute atomic E-state index is 0.292. The van der Waals surface area contributed by atoms with Crippen LogP contribution in [0.15, 0.2) is 89.5 Å². The Bertz CT molecular complexity index is 1790. The number of thiazole rings is 1. The molecule has 6 rings (SSSR count). The van der Waals surface area contributed by atoms with Crippen LogP contribution in [0.2, 0.25) is 0 Å². The Morgan fingerprint density at radius 2 is 1.81 bits per heavy atom. The average Bonchev–Trinajstić information content (AvgIpc) is 3.59. The molecule has 214 valence electrons. The summed E-state index contributed by atoms with van der Waals surface area (Å²) in [5, 5.41) is 9.28. The van der Waals surface area contributed by atoms with Gasteiger partial charge in [-0.2, -0.15) is 4.99 Å². The van der Waals surface area contributed by atoms with E-state index in [-0.39, 0.29) is 5.75 Å². The number of carbonyl (C=O) groups excluding carboxylic acids is 1. The summed E-state index contributed by atoms with van der Waals surface area (Å²) in [7, 11) is 0. The third kappa shape index (κ3) is 6.28. The van der Waals surface area contributed by atoms with E-state index < -0.39 is 12.4 Å². The van der Waals surface area contributed by atoms with E-state index in [4.69, 9.17) is 0 Å². The molecule has 2 heterocycles. The predicted molar refractivity (Wildman–Crippen MR) is 152 cm³/mol. The normalized spacial score (nSPS) is 13.8.